The molecular weight excluding hydrogens is 560 g/mol. The molecule has 214 valence electrons. The highest BCUT2D eigenvalue weighted by Crippen LogP contribution is 2.45. The van der Waals surface area contributed by atoms with E-state index in [1.165, 1.54) is 21.5 Å². The van der Waals surface area contributed by atoms with E-state index in [4.69, 9.17) is 9.40 Å². The minimum atomic E-state index is 0.900. The van der Waals surface area contributed by atoms with Crippen molar-refractivity contribution in [1.29, 1.82) is 0 Å². The molecule has 0 amide bonds. The molecule has 46 heavy (non-hydrogen) atoms. The summed E-state index contributed by atoms with van der Waals surface area (Å²) in [6.07, 6.45) is 0. The van der Waals surface area contributed by atoms with E-state index >= 15 is 0 Å². The average Bonchev–Trinajstić information content (AvgIpc) is 3.68. The molecule has 7 aromatic carbocycles. The van der Waals surface area contributed by atoms with E-state index in [1.807, 2.05) is 18.2 Å². The van der Waals surface area contributed by atoms with Crippen molar-refractivity contribution in [3.8, 4) is 39.3 Å². The normalized spacial score (nSPS) is 11.9. The summed E-state index contributed by atoms with van der Waals surface area (Å²) in [7, 11) is 0. The third-order valence-corrected chi connectivity index (χ3v) is 9.37. The molecule has 3 heteroatoms. The van der Waals surface area contributed by atoms with Crippen molar-refractivity contribution in [1.82, 2.24) is 9.55 Å². The van der Waals surface area contributed by atoms with Crippen molar-refractivity contribution in [2.45, 2.75) is 0 Å². The number of fused-ring (bicyclic) bond motifs is 3. The fourth-order valence-electron chi connectivity index (χ4n) is 7.31. The van der Waals surface area contributed by atoms with Crippen LogP contribution < -0.4 is 0 Å². The molecule has 0 spiro atoms. The van der Waals surface area contributed by atoms with Gasteiger partial charge < -0.3 is 4.42 Å². The van der Waals surface area contributed by atoms with Crippen LogP contribution >= 0.6 is 0 Å². The van der Waals surface area contributed by atoms with Gasteiger partial charge >= 0.3 is 0 Å². The molecule has 0 saturated heterocycles. The lowest BCUT2D eigenvalue weighted by Gasteiger charge is -2.13. The smallest absolute Gasteiger partial charge is 0.143 e. The minimum Gasteiger partial charge on any atom is -0.455 e. The molecular formula is C43H26N2O. The maximum Gasteiger partial charge on any atom is 0.143 e. The Bertz CT molecular complexity index is 2680. The first kappa shape index (κ1) is 25.2. The van der Waals surface area contributed by atoms with Gasteiger partial charge in [0.05, 0.1) is 16.7 Å². The molecule has 3 nitrogen and oxygen atoms in total. The lowest BCUT2D eigenvalue weighted by Crippen LogP contribution is -2.00. The molecule has 0 bridgehead atoms. The van der Waals surface area contributed by atoms with Gasteiger partial charge in [-0.3, -0.25) is 4.57 Å². The molecule has 0 radical (unpaired) electrons. The number of pyridine rings is 1. The van der Waals surface area contributed by atoms with Gasteiger partial charge in [-0.1, -0.05) is 127 Å². The van der Waals surface area contributed by atoms with E-state index in [0.29, 0.717) is 0 Å². The van der Waals surface area contributed by atoms with Gasteiger partial charge in [-0.2, -0.15) is 0 Å². The highest BCUT2D eigenvalue weighted by molar-refractivity contribution is 6.27. The number of para-hydroxylation sites is 2. The Hall–Kier alpha value is -6.19. The number of aromatic nitrogens is 2. The van der Waals surface area contributed by atoms with Gasteiger partial charge in [-0.15, -0.1) is 0 Å². The molecule has 0 saturated carbocycles. The standard InChI is InChI=1S/C43H26N2O/c1-3-11-27(12-4-1)30-25-36(28-13-5-2-6-14-28)44-40(26-30)45-37-19-9-15-29-21-22-33-31(23-24-38(45)42(33)41(29)37)34-17-10-18-35-32-16-7-8-20-39(32)46-43(34)35/h1-26H. The largest absolute Gasteiger partial charge is 0.455 e. The van der Waals surface area contributed by atoms with Gasteiger partial charge in [0.1, 0.15) is 17.0 Å². The van der Waals surface area contributed by atoms with Gasteiger partial charge in [-0.25, -0.2) is 4.98 Å². The molecule has 10 aromatic rings. The van der Waals surface area contributed by atoms with Gasteiger partial charge in [0.15, 0.2) is 0 Å². The first-order valence-electron chi connectivity index (χ1n) is 15.6. The average molecular weight is 587 g/mol. The summed E-state index contributed by atoms with van der Waals surface area (Å²) in [6, 6.07) is 55.8. The minimum absolute atomic E-state index is 0.900. The predicted octanol–water partition coefficient (Wildman–Crippen LogP) is 11.7. The molecule has 0 aliphatic heterocycles. The van der Waals surface area contributed by atoms with Crippen LogP contribution in [0.25, 0.3) is 93.8 Å². The molecule has 3 heterocycles. The van der Waals surface area contributed by atoms with Gasteiger partial charge in [0.2, 0.25) is 0 Å². The Balaban J connectivity index is 1.28. The topological polar surface area (TPSA) is 31.0 Å². The Morgan fingerprint density at radius 2 is 1.20 bits per heavy atom. The quantitative estimate of drug-likeness (QED) is 0.192. The maximum absolute atomic E-state index is 6.50. The summed E-state index contributed by atoms with van der Waals surface area (Å²) >= 11 is 0. The summed E-state index contributed by atoms with van der Waals surface area (Å²) in [4.78, 5) is 5.32. The first-order chi connectivity index (χ1) is 22.8. The molecule has 0 unspecified atom stereocenters. The molecule has 3 aromatic heterocycles. The van der Waals surface area contributed by atoms with Crippen LogP contribution in [0, 0.1) is 0 Å². The van der Waals surface area contributed by atoms with E-state index in [1.54, 1.807) is 0 Å². The molecule has 0 aliphatic rings. The van der Waals surface area contributed by atoms with Crippen LogP contribution in [0.4, 0.5) is 0 Å². The zero-order chi connectivity index (χ0) is 30.2. The number of benzene rings is 7. The summed E-state index contributed by atoms with van der Waals surface area (Å²) < 4.78 is 8.84. The number of hydrogen-bond donors (Lipinski definition) is 0. The molecule has 10 rings (SSSR count). The molecule has 0 aliphatic carbocycles. The lowest BCUT2D eigenvalue weighted by atomic mass is 9.94. The number of furan rings is 1. The molecule has 0 N–H and O–H groups in total. The Morgan fingerprint density at radius 3 is 2.07 bits per heavy atom. The van der Waals surface area contributed by atoms with Crippen molar-refractivity contribution in [2.24, 2.45) is 0 Å². The third kappa shape index (κ3) is 3.63. The van der Waals surface area contributed by atoms with E-state index in [-0.39, 0.29) is 0 Å². The van der Waals surface area contributed by atoms with Crippen molar-refractivity contribution in [3.63, 3.8) is 0 Å². The third-order valence-electron chi connectivity index (χ3n) is 9.37. The van der Waals surface area contributed by atoms with Crippen molar-refractivity contribution >= 4 is 54.5 Å². The second-order valence-electron chi connectivity index (χ2n) is 11.9. The van der Waals surface area contributed by atoms with Crippen LogP contribution in [0.3, 0.4) is 0 Å². The van der Waals surface area contributed by atoms with Gasteiger partial charge in [-0.05, 0) is 57.8 Å². The number of rotatable bonds is 4. The SMILES string of the molecule is c1ccc(-c2cc(-c3ccccc3)nc(-n3c4cccc5ccc6c(-c7cccc8c7oc7ccccc78)ccc3c6c54)c2)cc1. The fraction of sp³-hybridized carbons (Fsp3) is 0. The van der Waals surface area contributed by atoms with Crippen LogP contribution in [0.2, 0.25) is 0 Å². The highest BCUT2D eigenvalue weighted by atomic mass is 16.3. The van der Waals surface area contributed by atoms with Crippen LogP contribution in [0.1, 0.15) is 0 Å². The summed E-state index contributed by atoms with van der Waals surface area (Å²) in [5, 5.41) is 7.19. The van der Waals surface area contributed by atoms with E-state index in [9.17, 15) is 0 Å². The summed E-state index contributed by atoms with van der Waals surface area (Å²) in [5.41, 5.74) is 10.7. The Morgan fingerprint density at radius 1 is 0.457 bits per heavy atom. The van der Waals surface area contributed by atoms with Crippen molar-refractivity contribution in [3.05, 3.63) is 158 Å². The summed E-state index contributed by atoms with van der Waals surface area (Å²) in [5.74, 6) is 0.900. The Kier molecular flexibility index (Phi) is 5.28. The number of hydrogen-bond acceptors (Lipinski definition) is 2. The summed E-state index contributed by atoms with van der Waals surface area (Å²) in [6.45, 7) is 0. The van der Waals surface area contributed by atoms with Crippen LogP contribution in [-0.2, 0) is 0 Å². The number of nitrogens with zero attached hydrogens (tertiary/aromatic N) is 2. The van der Waals surface area contributed by atoms with Crippen molar-refractivity contribution < 1.29 is 4.42 Å². The highest BCUT2D eigenvalue weighted by Gasteiger charge is 2.22. The van der Waals surface area contributed by atoms with Gasteiger partial charge in [0.25, 0.3) is 0 Å². The molecule has 0 atom stereocenters. The predicted molar refractivity (Wildman–Crippen MR) is 191 cm³/mol. The second-order valence-corrected chi connectivity index (χ2v) is 11.9. The van der Waals surface area contributed by atoms with E-state index in [2.05, 4.69) is 144 Å². The van der Waals surface area contributed by atoms with Crippen LogP contribution in [0.5, 0.6) is 0 Å². The van der Waals surface area contributed by atoms with Crippen LogP contribution in [-0.4, -0.2) is 9.55 Å². The second kappa shape index (κ2) is 9.65. The molecule has 0 fully saturated rings. The zero-order valence-electron chi connectivity index (χ0n) is 24.8. The first-order valence-corrected chi connectivity index (χ1v) is 15.6. The Labute approximate surface area is 264 Å². The maximum atomic E-state index is 6.50. The van der Waals surface area contributed by atoms with E-state index in [0.717, 1.165) is 72.3 Å². The van der Waals surface area contributed by atoms with Crippen LogP contribution in [0.15, 0.2) is 162 Å². The fourth-order valence-corrected chi connectivity index (χ4v) is 7.31. The van der Waals surface area contributed by atoms with Crippen molar-refractivity contribution in [2.75, 3.05) is 0 Å². The lowest BCUT2D eigenvalue weighted by molar-refractivity contribution is 0.670. The van der Waals surface area contributed by atoms with E-state index < -0.39 is 0 Å². The monoisotopic (exact) mass is 586 g/mol. The zero-order valence-corrected chi connectivity index (χ0v) is 24.8. The van der Waals surface area contributed by atoms with Gasteiger partial charge in [0, 0.05) is 32.7 Å².